The van der Waals surface area contributed by atoms with E-state index in [1.165, 1.54) is 0 Å². The first kappa shape index (κ1) is 15.0. The molecule has 0 aromatic carbocycles. The molecule has 1 heterocycles. The maximum atomic E-state index is 12.0. The number of carboxylic acid groups (broad SMARTS) is 1. The van der Waals surface area contributed by atoms with E-state index < -0.39 is 11.9 Å². The fourth-order valence-electron chi connectivity index (χ4n) is 2.14. The van der Waals surface area contributed by atoms with E-state index in [1.54, 1.807) is 4.90 Å². The van der Waals surface area contributed by atoms with Crippen LogP contribution in [0, 0.1) is 11.3 Å². The van der Waals surface area contributed by atoms with E-state index in [0.29, 0.717) is 32.7 Å². The lowest BCUT2D eigenvalue weighted by Gasteiger charge is -2.29. The van der Waals surface area contributed by atoms with Gasteiger partial charge < -0.3 is 14.7 Å². The Morgan fingerprint density at radius 3 is 2.28 bits per heavy atom. The van der Waals surface area contributed by atoms with Gasteiger partial charge in [-0.15, -0.1) is 0 Å². The molecule has 1 rings (SSSR count). The smallest absolute Gasteiger partial charge is 0.307 e. The number of carbonyl (C=O) groups is 2. The van der Waals surface area contributed by atoms with Gasteiger partial charge in [0.2, 0.25) is 5.91 Å². The number of aliphatic carboxylic acids is 1. The van der Waals surface area contributed by atoms with Crippen molar-refractivity contribution >= 4 is 11.9 Å². The topological polar surface area (TPSA) is 66.8 Å². The summed E-state index contributed by atoms with van der Waals surface area (Å²) in [5, 5.41) is 9.19. The second-order valence-corrected chi connectivity index (χ2v) is 6.00. The van der Waals surface area contributed by atoms with E-state index in [4.69, 9.17) is 4.74 Å². The summed E-state index contributed by atoms with van der Waals surface area (Å²) in [6, 6.07) is 0. The van der Waals surface area contributed by atoms with Crippen molar-refractivity contribution in [3.05, 3.63) is 0 Å². The van der Waals surface area contributed by atoms with Crippen molar-refractivity contribution in [2.24, 2.45) is 11.3 Å². The van der Waals surface area contributed by atoms with Gasteiger partial charge in [-0.05, 0) is 11.8 Å². The molecule has 0 bridgehead atoms. The highest BCUT2D eigenvalue weighted by atomic mass is 16.5. The van der Waals surface area contributed by atoms with Crippen LogP contribution in [0.1, 0.15) is 33.6 Å². The molecule has 1 aliphatic rings. The fraction of sp³-hybridized carbons (Fsp3) is 0.846. The average molecular weight is 257 g/mol. The number of amides is 1. The third kappa shape index (κ3) is 5.04. The maximum Gasteiger partial charge on any atom is 0.307 e. The van der Waals surface area contributed by atoms with Crippen LogP contribution in [-0.4, -0.2) is 48.2 Å². The molecular weight excluding hydrogens is 234 g/mol. The second kappa shape index (κ2) is 6.18. The van der Waals surface area contributed by atoms with Crippen molar-refractivity contribution in [3.8, 4) is 0 Å². The predicted molar refractivity (Wildman–Crippen MR) is 67.2 cm³/mol. The molecule has 0 aliphatic carbocycles. The minimum absolute atomic E-state index is 0.0741. The van der Waals surface area contributed by atoms with Crippen molar-refractivity contribution in [2.45, 2.75) is 33.6 Å². The molecule has 0 unspecified atom stereocenters. The molecule has 0 aromatic rings. The number of morpholine rings is 1. The van der Waals surface area contributed by atoms with E-state index in [0.717, 1.165) is 0 Å². The summed E-state index contributed by atoms with van der Waals surface area (Å²) in [6.07, 6.45) is 0.602. The Hall–Kier alpha value is -1.10. The molecule has 1 atom stereocenters. The van der Waals surface area contributed by atoms with Crippen LogP contribution in [0.5, 0.6) is 0 Å². The van der Waals surface area contributed by atoms with Gasteiger partial charge >= 0.3 is 5.97 Å². The standard InChI is InChI=1S/C13H23NO4/c1-13(2,3)9-10(12(16)17)8-11(15)14-4-6-18-7-5-14/h10H,4-9H2,1-3H3,(H,16,17)/t10-/m1/s1. The summed E-state index contributed by atoms with van der Waals surface area (Å²) < 4.78 is 5.17. The quantitative estimate of drug-likeness (QED) is 0.826. The first-order chi connectivity index (χ1) is 8.29. The van der Waals surface area contributed by atoms with Gasteiger partial charge in [0.25, 0.3) is 0 Å². The summed E-state index contributed by atoms with van der Waals surface area (Å²) in [5.41, 5.74) is -0.0889. The van der Waals surface area contributed by atoms with Crippen LogP contribution in [-0.2, 0) is 14.3 Å². The zero-order valence-electron chi connectivity index (χ0n) is 11.4. The molecule has 0 radical (unpaired) electrons. The van der Waals surface area contributed by atoms with Gasteiger partial charge in [0.05, 0.1) is 19.1 Å². The van der Waals surface area contributed by atoms with Crippen LogP contribution >= 0.6 is 0 Å². The first-order valence-electron chi connectivity index (χ1n) is 6.38. The lowest BCUT2D eigenvalue weighted by atomic mass is 9.83. The van der Waals surface area contributed by atoms with Gasteiger partial charge in [0.1, 0.15) is 0 Å². The third-order valence-electron chi connectivity index (χ3n) is 2.99. The normalized spacial score (nSPS) is 18.5. The molecule has 0 saturated carbocycles. The van der Waals surface area contributed by atoms with Gasteiger partial charge in [-0.25, -0.2) is 0 Å². The van der Waals surface area contributed by atoms with Crippen molar-refractivity contribution in [1.29, 1.82) is 0 Å². The van der Waals surface area contributed by atoms with Crippen LogP contribution in [0.15, 0.2) is 0 Å². The third-order valence-corrected chi connectivity index (χ3v) is 2.99. The lowest BCUT2D eigenvalue weighted by Crippen LogP contribution is -2.42. The minimum atomic E-state index is -0.883. The summed E-state index contributed by atoms with van der Waals surface area (Å²) in [7, 11) is 0. The number of carboxylic acids is 1. The number of hydrogen-bond donors (Lipinski definition) is 1. The summed E-state index contributed by atoms with van der Waals surface area (Å²) in [4.78, 5) is 24.9. The Morgan fingerprint density at radius 2 is 1.83 bits per heavy atom. The van der Waals surface area contributed by atoms with Gasteiger partial charge in [-0.1, -0.05) is 20.8 Å². The molecule has 1 amide bonds. The summed E-state index contributed by atoms with van der Waals surface area (Å²) in [6.45, 7) is 8.19. The second-order valence-electron chi connectivity index (χ2n) is 6.00. The molecule has 1 aliphatic heterocycles. The Kier molecular flexibility index (Phi) is 5.14. The molecule has 0 aromatic heterocycles. The lowest BCUT2D eigenvalue weighted by molar-refractivity contribution is -0.148. The van der Waals surface area contributed by atoms with Gasteiger partial charge in [-0.2, -0.15) is 0 Å². The predicted octanol–water partition coefficient (Wildman–Crippen LogP) is 1.37. The zero-order chi connectivity index (χ0) is 13.8. The fourth-order valence-corrected chi connectivity index (χ4v) is 2.14. The number of hydrogen-bond acceptors (Lipinski definition) is 3. The first-order valence-corrected chi connectivity index (χ1v) is 6.38. The van der Waals surface area contributed by atoms with Crippen LogP contribution < -0.4 is 0 Å². The maximum absolute atomic E-state index is 12.0. The molecular formula is C13H23NO4. The molecule has 1 N–H and O–H groups in total. The largest absolute Gasteiger partial charge is 0.481 e. The molecule has 18 heavy (non-hydrogen) atoms. The van der Waals surface area contributed by atoms with Crippen LogP contribution in [0.4, 0.5) is 0 Å². The van der Waals surface area contributed by atoms with Crippen molar-refractivity contribution < 1.29 is 19.4 Å². The van der Waals surface area contributed by atoms with Gasteiger partial charge in [0.15, 0.2) is 0 Å². The molecule has 5 nitrogen and oxygen atoms in total. The Bertz CT molecular complexity index is 303. The number of nitrogens with zero attached hydrogens (tertiary/aromatic N) is 1. The Morgan fingerprint density at radius 1 is 1.28 bits per heavy atom. The average Bonchev–Trinajstić information content (AvgIpc) is 2.27. The molecule has 5 heteroatoms. The van der Waals surface area contributed by atoms with Crippen LogP contribution in [0.3, 0.4) is 0 Å². The van der Waals surface area contributed by atoms with E-state index in [1.807, 2.05) is 20.8 Å². The zero-order valence-corrected chi connectivity index (χ0v) is 11.4. The minimum Gasteiger partial charge on any atom is -0.481 e. The van der Waals surface area contributed by atoms with Crippen LogP contribution in [0.2, 0.25) is 0 Å². The summed E-state index contributed by atoms with van der Waals surface area (Å²) >= 11 is 0. The SMILES string of the molecule is CC(C)(C)C[C@@H](CC(=O)N1CCOCC1)C(=O)O. The van der Waals surface area contributed by atoms with E-state index in [9.17, 15) is 14.7 Å². The highest BCUT2D eigenvalue weighted by Crippen LogP contribution is 2.27. The highest BCUT2D eigenvalue weighted by Gasteiger charge is 2.29. The highest BCUT2D eigenvalue weighted by molar-refractivity contribution is 5.82. The van der Waals surface area contributed by atoms with Crippen molar-refractivity contribution in [1.82, 2.24) is 4.90 Å². The summed E-state index contributed by atoms with van der Waals surface area (Å²) in [5.74, 6) is -1.55. The molecule has 104 valence electrons. The van der Waals surface area contributed by atoms with Crippen LogP contribution in [0.25, 0.3) is 0 Å². The Labute approximate surface area is 108 Å². The number of carbonyl (C=O) groups excluding carboxylic acids is 1. The number of rotatable bonds is 4. The number of ether oxygens (including phenoxy) is 1. The van der Waals surface area contributed by atoms with E-state index in [-0.39, 0.29) is 17.7 Å². The van der Waals surface area contributed by atoms with Crippen molar-refractivity contribution in [2.75, 3.05) is 26.3 Å². The molecule has 1 fully saturated rings. The van der Waals surface area contributed by atoms with Gasteiger partial charge in [-0.3, -0.25) is 9.59 Å². The van der Waals surface area contributed by atoms with E-state index >= 15 is 0 Å². The molecule has 0 spiro atoms. The Balaban J connectivity index is 2.54. The van der Waals surface area contributed by atoms with Crippen molar-refractivity contribution in [3.63, 3.8) is 0 Å². The van der Waals surface area contributed by atoms with Gasteiger partial charge in [0, 0.05) is 19.5 Å². The van der Waals surface area contributed by atoms with E-state index in [2.05, 4.69) is 0 Å². The monoisotopic (exact) mass is 257 g/mol. The molecule has 1 saturated heterocycles.